The van der Waals surface area contributed by atoms with Crippen LogP contribution in [0.3, 0.4) is 0 Å². The minimum absolute atomic E-state index is 0.112. The summed E-state index contributed by atoms with van der Waals surface area (Å²) in [6.45, 7) is 2.84. The lowest BCUT2D eigenvalue weighted by molar-refractivity contribution is -0.133. The molecule has 33 heavy (non-hydrogen) atoms. The van der Waals surface area contributed by atoms with Gasteiger partial charge in [-0.3, -0.25) is 9.59 Å². The monoisotopic (exact) mass is 444 g/mol. The van der Waals surface area contributed by atoms with Crippen molar-refractivity contribution >= 4 is 11.8 Å². The minimum atomic E-state index is -0.159. The second kappa shape index (κ2) is 9.14. The molecule has 7 nitrogen and oxygen atoms in total. The van der Waals surface area contributed by atoms with E-state index in [9.17, 15) is 14.9 Å². The molecule has 5 rings (SSSR count). The number of fused-ring (bicyclic) bond motifs is 1. The Kier molecular flexibility index (Phi) is 5.91. The van der Waals surface area contributed by atoms with Gasteiger partial charge in [0.15, 0.2) is 5.76 Å². The van der Waals surface area contributed by atoms with Crippen LogP contribution in [-0.2, 0) is 11.3 Å². The summed E-state index contributed by atoms with van der Waals surface area (Å²) >= 11 is 0. The van der Waals surface area contributed by atoms with Crippen molar-refractivity contribution in [2.24, 2.45) is 5.92 Å². The fourth-order valence-electron chi connectivity index (χ4n) is 5.57. The molecule has 1 aromatic heterocycles. The molecule has 2 aromatic rings. The van der Waals surface area contributed by atoms with E-state index in [1.807, 2.05) is 35.2 Å². The predicted molar refractivity (Wildman–Crippen MR) is 122 cm³/mol. The largest absolute Gasteiger partial charge is 0.459 e. The highest BCUT2D eigenvalue weighted by Crippen LogP contribution is 2.41. The number of nitrogens with zero attached hydrogens (tertiary/aromatic N) is 4. The number of carbonyl (C=O) groups is 2. The van der Waals surface area contributed by atoms with Crippen molar-refractivity contribution in [2.75, 3.05) is 26.2 Å². The van der Waals surface area contributed by atoms with Crippen molar-refractivity contribution < 1.29 is 14.0 Å². The van der Waals surface area contributed by atoms with Crippen molar-refractivity contribution in [3.05, 3.63) is 71.3 Å². The van der Waals surface area contributed by atoms with Crippen molar-refractivity contribution in [3.63, 3.8) is 0 Å². The van der Waals surface area contributed by atoms with Gasteiger partial charge in [-0.15, -0.1) is 0 Å². The van der Waals surface area contributed by atoms with Crippen molar-refractivity contribution in [3.8, 4) is 6.07 Å². The van der Waals surface area contributed by atoms with E-state index >= 15 is 0 Å². The molecule has 2 unspecified atom stereocenters. The number of nitriles is 1. The van der Waals surface area contributed by atoms with Crippen LogP contribution in [-0.4, -0.2) is 58.7 Å². The van der Waals surface area contributed by atoms with Gasteiger partial charge >= 0.3 is 0 Å². The van der Waals surface area contributed by atoms with Gasteiger partial charge in [0, 0.05) is 50.4 Å². The van der Waals surface area contributed by atoms with Crippen molar-refractivity contribution in [1.29, 1.82) is 5.26 Å². The summed E-state index contributed by atoms with van der Waals surface area (Å²) in [6, 6.07) is 15.8. The topological polar surface area (TPSA) is 80.8 Å². The maximum Gasteiger partial charge on any atom is 0.289 e. The molecule has 2 aliphatic heterocycles. The molecule has 0 N–H and O–H groups in total. The molecule has 0 spiro atoms. The van der Waals surface area contributed by atoms with E-state index in [0.29, 0.717) is 38.5 Å². The Hall–Kier alpha value is -3.53. The van der Waals surface area contributed by atoms with Crippen LogP contribution >= 0.6 is 0 Å². The number of furan rings is 1. The molecule has 1 aromatic carbocycles. The number of amides is 2. The lowest BCUT2D eigenvalue weighted by Gasteiger charge is -2.49. The predicted octanol–water partition coefficient (Wildman–Crippen LogP) is 3.42. The van der Waals surface area contributed by atoms with Crippen LogP contribution in [0.1, 0.15) is 41.8 Å². The molecule has 170 valence electrons. The van der Waals surface area contributed by atoms with Gasteiger partial charge in [0.05, 0.1) is 6.26 Å². The minimum Gasteiger partial charge on any atom is -0.459 e. The summed E-state index contributed by atoms with van der Waals surface area (Å²) in [5.41, 5.74) is 2.27. The van der Waals surface area contributed by atoms with Gasteiger partial charge in [0.25, 0.3) is 11.8 Å². The molecule has 0 radical (unpaired) electrons. The molecule has 3 heterocycles. The highest BCUT2D eigenvalue weighted by molar-refractivity contribution is 5.99. The molecule has 0 bridgehead atoms. The number of piperazine rings is 1. The Morgan fingerprint density at radius 2 is 1.79 bits per heavy atom. The number of hydrogen-bond acceptors (Lipinski definition) is 5. The highest BCUT2D eigenvalue weighted by atomic mass is 16.3. The third-order valence-corrected chi connectivity index (χ3v) is 7.16. The molecule has 1 aliphatic carbocycles. The number of hydrogen-bond donors (Lipinski definition) is 0. The zero-order valence-corrected chi connectivity index (χ0v) is 18.7. The standard InChI is InChI=1S/C26H28N4O3/c27-17-21-24(28-12-14-29(15-13-28)26(32)23-11-6-16-33-23)20-9-4-5-10-22(20)30(25(21)31)18-19-7-2-1-3-8-19/h1-3,6-8,11,16,20,22H,4-5,9-10,12-15,18H2. The van der Waals surface area contributed by atoms with Gasteiger partial charge in [-0.2, -0.15) is 5.26 Å². The quantitative estimate of drug-likeness (QED) is 0.722. The first-order valence-corrected chi connectivity index (χ1v) is 11.7. The van der Waals surface area contributed by atoms with Gasteiger partial charge < -0.3 is 19.1 Å². The second-order valence-electron chi connectivity index (χ2n) is 9.01. The van der Waals surface area contributed by atoms with E-state index in [1.54, 1.807) is 17.0 Å². The lowest BCUT2D eigenvalue weighted by atomic mass is 9.76. The molecule has 2 amide bonds. The first-order chi connectivity index (χ1) is 16.2. The van der Waals surface area contributed by atoms with Crippen molar-refractivity contribution in [1.82, 2.24) is 14.7 Å². The third-order valence-electron chi connectivity index (χ3n) is 7.16. The Bertz CT molecular complexity index is 1080. The second-order valence-corrected chi connectivity index (χ2v) is 9.01. The number of benzene rings is 1. The zero-order valence-electron chi connectivity index (χ0n) is 18.7. The summed E-state index contributed by atoms with van der Waals surface area (Å²) in [5, 5.41) is 10.0. The zero-order chi connectivity index (χ0) is 22.8. The maximum atomic E-state index is 13.5. The average molecular weight is 445 g/mol. The molecule has 2 fully saturated rings. The first kappa shape index (κ1) is 21.3. The summed E-state index contributed by atoms with van der Waals surface area (Å²) in [4.78, 5) is 32.1. The molecular weight excluding hydrogens is 416 g/mol. The third kappa shape index (κ3) is 4.02. The SMILES string of the molecule is N#CC1=C(N2CCN(C(=O)c3ccco3)CC2)C2CCCCC2N(Cc2ccccc2)C1=O. The van der Waals surface area contributed by atoms with E-state index < -0.39 is 0 Å². The fraction of sp³-hybridized carbons (Fsp3) is 0.423. The van der Waals surface area contributed by atoms with Crippen LogP contribution in [0.25, 0.3) is 0 Å². The van der Waals surface area contributed by atoms with Gasteiger partial charge in [0.1, 0.15) is 11.6 Å². The smallest absolute Gasteiger partial charge is 0.289 e. The van der Waals surface area contributed by atoms with Gasteiger partial charge in [0.2, 0.25) is 0 Å². The Labute approximate surface area is 193 Å². The van der Waals surface area contributed by atoms with Crippen LogP contribution < -0.4 is 0 Å². The highest BCUT2D eigenvalue weighted by Gasteiger charge is 2.45. The molecule has 1 saturated heterocycles. The van der Waals surface area contributed by atoms with Crippen LogP contribution in [0.2, 0.25) is 0 Å². The Morgan fingerprint density at radius 3 is 2.48 bits per heavy atom. The Morgan fingerprint density at radius 1 is 1.03 bits per heavy atom. The maximum absolute atomic E-state index is 13.5. The lowest BCUT2D eigenvalue weighted by Crippen LogP contribution is -2.56. The number of carbonyl (C=O) groups excluding carboxylic acids is 2. The summed E-state index contributed by atoms with van der Waals surface area (Å²) in [5.74, 6) is 0.242. The summed E-state index contributed by atoms with van der Waals surface area (Å²) in [7, 11) is 0. The summed E-state index contributed by atoms with van der Waals surface area (Å²) < 4.78 is 5.26. The van der Waals surface area contributed by atoms with E-state index in [4.69, 9.17) is 4.42 Å². The molecular formula is C26H28N4O3. The van der Waals surface area contributed by atoms with Crippen LogP contribution in [0.5, 0.6) is 0 Å². The Balaban J connectivity index is 1.39. The van der Waals surface area contributed by atoms with E-state index in [2.05, 4.69) is 11.0 Å². The molecule has 3 aliphatic rings. The van der Waals surface area contributed by atoms with Gasteiger partial charge in [-0.05, 0) is 30.5 Å². The van der Waals surface area contributed by atoms with Crippen LogP contribution in [0, 0.1) is 17.2 Å². The first-order valence-electron chi connectivity index (χ1n) is 11.7. The van der Waals surface area contributed by atoms with Gasteiger partial charge in [-0.25, -0.2) is 0 Å². The normalized spacial score (nSPS) is 23.4. The molecule has 2 atom stereocenters. The molecule has 7 heteroatoms. The van der Waals surface area contributed by atoms with Crippen molar-refractivity contribution in [2.45, 2.75) is 38.3 Å². The summed E-state index contributed by atoms with van der Waals surface area (Å²) in [6.07, 6.45) is 5.65. The van der Waals surface area contributed by atoms with Gasteiger partial charge in [-0.1, -0.05) is 43.2 Å². The van der Waals surface area contributed by atoms with Crippen LogP contribution in [0.15, 0.2) is 64.4 Å². The fourth-order valence-corrected chi connectivity index (χ4v) is 5.57. The van der Waals surface area contributed by atoms with E-state index in [0.717, 1.165) is 36.9 Å². The average Bonchev–Trinajstić information content (AvgIpc) is 3.41. The molecule has 1 saturated carbocycles. The number of rotatable bonds is 4. The van der Waals surface area contributed by atoms with E-state index in [-0.39, 0.29) is 29.3 Å². The van der Waals surface area contributed by atoms with Crippen LogP contribution in [0.4, 0.5) is 0 Å². The van der Waals surface area contributed by atoms with E-state index in [1.165, 1.54) is 6.26 Å².